The summed E-state index contributed by atoms with van der Waals surface area (Å²) in [6, 6.07) is 10.4. The molecule has 2 fully saturated rings. The van der Waals surface area contributed by atoms with Crippen molar-refractivity contribution in [3.63, 3.8) is 0 Å². The number of Topliss-reactive ketones (excluding diaryl/α,β-unsaturated/α-hetero) is 1. The molecular formula is C19H27N3O2. The number of hydrogen-bond donors (Lipinski definition) is 0. The first-order valence-corrected chi connectivity index (χ1v) is 8.69. The molecule has 2 saturated heterocycles. The molecule has 5 nitrogen and oxygen atoms in total. The van der Waals surface area contributed by atoms with Gasteiger partial charge in [-0.05, 0) is 5.56 Å². The molecule has 0 atom stereocenters. The van der Waals surface area contributed by atoms with Gasteiger partial charge in [0.15, 0.2) is 0 Å². The molecule has 24 heavy (non-hydrogen) atoms. The van der Waals surface area contributed by atoms with Crippen LogP contribution in [0.1, 0.15) is 18.4 Å². The molecule has 0 spiro atoms. The van der Waals surface area contributed by atoms with Crippen molar-refractivity contribution < 1.29 is 9.53 Å². The minimum absolute atomic E-state index is 0.411. The summed E-state index contributed by atoms with van der Waals surface area (Å²) >= 11 is 0. The van der Waals surface area contributed by atoms with E-state index in [1.54, 1.807) is 0 Å². The van der Waals surface area contributed by atoms with Gasteiger partial charge in [-0.25, -0.2) is 6.57 Å². The number of carbonyl (C=O) groups excluding carboxylic acids is 1. The zero-order valence-corrected chi connectivity index (χ0v) is 14.3. The van der Waals surface area contributed by atoms with Gasteiger partial charge < -0.3 is 9.58 Å². The fraction of sp³-hybridized carbons (Fsp3) is 0.579. The molecule has 0 amide bonds. The van der Waals surface area contributed by atoms with E-state index in [-0.39, 0.29) is 0 Å². The molecule has 0 N–H and O–H groups in total. The Labute approximate surface area is 145 Å². The van der Waals surface area contributed by atoms with E-state index in [4.69, 9.17) is 11.3 Å². The molecule has 1 aromatic rings. The van der Waals surface area contributed by atoms with E-state index in [0.717, 1.165) is 65.3 Å². The van der Waals surface area contributed by atoms with Gasteiger partial charge >= 0.3 is 0 Å². The number of carbonyl (C=O) groups is 1. The lowest BCUT2D eigenvalue weighted by atomic mass is 10.1. The van der Waals surface area contributed by atoms with Crippen LogP contribution in [0.4, 0.5) is 0 Å². The molecule has 2 aliphatic rings. The molecule has 2 aliphatic heterocycles. The van der Waals surface area contributed by atoms with Crippen LogP contribution in [0.25, 0.3) is 4.85 Å². The number of benzene rings is 1. The normalized spacial score (nSPS) is 19.2. The minimum atomic E-state index is 0.411. The van der Waals surface area contributed by atoms with Crippen molar-refractivity contribution in [2.75, 3.05) is 52.5 Å². The van der Waals surface area contributed by atoms with Crippen LogP contribution in [0.5, 0.6) is 0 Å². The standard InChI is InChI=1S/C12H15NO.C7H12N2O/c14-12-6-8-13(9-7-12)10-11-4-2-1-3-5-11;1-8-2-3-9-4-6-10-7-5-9/h1-5H,6-10H2;2-7H2. The average molecular weight is 329 g/mol. The molecule has 1 aromatic carbocycles. The summed E-state index contributed by atoms with van der Waals surface area (Å²) < 4.78 is 5.16. The van der Waals surface area contributed by atoms with Crippen molar-refractivity contribution in [1.82, 2.24) is 9.80 Å². The van der Waals surface area contributed by atoms with Gasteiger partial charge in [0.1, 0.15) is 5.78 Å². The predicted molar refractivity (Wildman–Crippen MR) is 94.7 cm³/mol. The van der Waals surface area contributed by atoms with Crippen LogP contribution in [0.2, 0.25) is 0 Å². The highest BCUT2D eigenvalue weighted by molar-refractivity contribution is 5.79. The van der Waals surface area contributed by atoms with Crippen LogP contribution in [0.15, 0.2) is 30.3 Å². The second kappa shape index (κ2) is 10.9. The smallest absolute Gasteiger partial charge is 0.227 e. The number of nitrogens with zero attached hydrogens (tertiary/aromatic N) is 3. The van der Waals surface area contributed by atoms with E-state index >= 15 is 0 Å². The summed E-state index contributed by atoms with van der Waals surface area (Å²) in [4.78, 5) is 18.9. The summed E-state index contributed by atoms with van der Waals surface area (Å²) in [7, 11) is 0. The maximum atomic E-state index is 11.0. The second-order valence-electron chi connectivity index (χ2n) is 6.14. The van der Waals surface area contributed by atoms with E-state index < -0.39 is 0 Å². The van der Waals surface area contributed by atoms with Crippen molar-refractivity contribution in [2.24, 2.45) is 0 Å². The Bertz CT molecular complexity index is 511. The van der Waals surface area contributed by atoms with Crippen molar-refractivity contribution in [1.29, 1.82) is 0 Å². The third-order valence-electron chi connectivity index (χ3n) is 4.29. The number of likely N-dealkylation sites (tertiary alicyclic amines) is 1. The molecule has 130 valence electrons. The molecule has 5 heteroatoms. The zero-order chi connectivity index (χ0) is 17.0. The summed E-state index contributed by atoms with van der Waals surface area (Å²) in [6.45, 7) is 14.6. The summed E-state index contributed by atoms with van der Waals surface area (Å²) in [5.74, 6) is 0.411. The van der Waals surface area contributed by atoms with Crippen LogP contribution >= 0.6 is 0 Å². The fourth-order valence-electron chi connectivity index (χ4n) is 2.82. The fourth-order valence-corrected chi connectivity index (χ4v) is 2.82. The maximum absolute atomic E-state index is 11.0. The Morgan fingerprint density at radius 2 is 1.67 bits per heavy atom. The molecule has 0 aromatic heterocycles. The van der Waals surface area contributed by atoms with E-state index in [1.807, 2.05) is 6.07 Å². The third-order valence-corrected chi connectivity index (χ3v) is 4.29. The summed E-state index contributed by atoms with van der Waals surface area (Å²) in [6.07, 6.45) is 1.46. The number of piperidine rings is 1. The minimum Gasteiger partial charge on any atom is -0.379 e. The molecular weight excluding hydrogens is 302 g/mol. The van der Waals surface area contributed by atoms with Crippen molar-refractivity contribution >= 4 is 5.78 Å². The molecule has 0 aliphatic carbocycles. The van der Waals surface area contributed by atoms with E-state index in [1.165, 1.54) is 5.56 Å². The predicted octanol–water partition coefficient (Wildman–Crippen LogP) is 2.09. The van der Waals surface area contributed by atoms with Crippen LogP contribution in [-0.2, 0) is 16.1 Å². The second-order valence-corrected chi connectivity index (χ2v) is 6.14. The highest BCUT2D eigenvalue weighted by Crippen LogP contribution is 2.10. The van der Waals surface area contributed by atoms with Crippen molar-refractivity contribution in [3.05, 3.63) is 47.3 Å². The van der Waals surface area contributed by atoms with Crippen LogP contribution in [-0.4, -0.2) is 68.1 Å². The van der Waals surface area contributed by atoms with Gasteiger partial charge in [0, 0.05) is 45.6 Å². The zero-order valence-electron chi connectivity index (χ0n) is 14.3. The first-order valence-electron chi connectivity index (χ1n) is 8.69. The van der Waals surface area contributed by atoms with Gasteiger partial charge in [0.05, 0.1) is 19.8 Å². The van der Waals surface area contributed by atoms with Crippen LogP contribution < -0.4 is 0 Å². The van der Waals surface area contributed by atoms with Crippen molar-refractivity contribution in [3.8, 4) is 0 Å². The number of morpholine rings is 1. The number of rotatable bonds is 4. The van der Waals surface area contributed by atoms with E-state index in [9.17, 15) is 4.79 Å². The lowest BCUT2D eigenvalue weighted by molar-refractivity contribution is -0.121. The molecule has 2 heterocycles. The first-order chi connectivity index (χ1) is 11.8. The van der Waals surface area contributed by atoms with Gasteiger partial charge in [-0.3, -0.25) is 14.6 Å². The Morgan fingerprint density at radius 3 is 2.29 bits per heavy atom. The quantitative estimate of drug-likeness (QED) is 0.793. The largest absolute Gasteiger partial charge is 0.379 e. The average Bonchev–Trinajstić information content (AvgIpc) is 2.64. The SMILES string of the molecule is O=C1CCN(Cc2ccccc2)CC1.[C-]#[N+]CCN1CCOCC1. The molecule has 0 radical (unpaired) electrons. The van der Waals surface area contributed by atoms with Crippen molar-refractivity contribution in [2.45, 2.75) is 19.4 Å². The highest BCUT2D eigenvalue weighted by Gasteiger charge is 2.15. The lowest BCUT2D eigenvalue weighted by Crippen LogP contribution is -2.37. The Hall–Kier alpha value is -1.74. The molecule has 0 saturated carbocycles. The van der Waals surface area contributed by atoms with Crippen LogP contribution in [0.3, 0.4) is 0 Å². The Balaban J connectivity index is 0.000000185. The maximum Gasteiger partial charge on any atom is 0.227 e. The highest BCUT2D eigenvalue weighted by atomic mass is 16.5. The number of ether oxygens (including phenoxy) is 1. The monoisotopic (exact) mass is 329 g/mol. The summed E-state index contributed by atoms with van der Waals surface area (Å²) in [5, 5.41) is 0. The Morgan fingerprint density at radius 1 is 1.00 bits per heavy atom. The molecule has 3 rings (SSSR count). The van der Waals surface area contributed by atoms with E-state index in [2.05, 4.69) is 38.9 Å². The van der Waals surface area contributed by atoms with Gasteiger partial charge in [0.25, 0.3) is 0 Å². The molecule has 0 unspecified atom stereocenters. The lowest BCUT2D eigenvalue weighted by Gasteiger charge is -2.25. The molecule has 0 bridgehead atoms. The van der Waals surface area contributed by atoms with Gasteiger partial charge in [-0.2, -0.15) is 0 Å². The third kappa shape index (κ3) is 7.22. The first kappa shape index (κ1) is 18.6. The topological polar surface area (TPSA) is 37.1 Å². The van der Waals surface area contributed by atoms with Gasteiger partial charge in [0.2, 0.25) is 6.54 Å². The number of ketones is 1. The summed E-state index contributed by atoms with van der Waals surface area (Å²) in [5.41, 5.74) is 1.34. The van der Waals surface area contributed by atoms with Gasteiger partial charge in [-0.1, -0.05) is 30.3 Å². The van der Waals surface area contributed by atoms with Crippen LogP contribution in [0, 0.1) is 6.57 Å². The van der Waals surface area contributed by atoms with Gasteiger partial charge in [-0.15, -0.1) is 0 Å². The Kier molecular flexibility index (Phi) is 8.47. The van der Waals surface area contributed by atoms with E-state index in [0.29, 0.717) is 12.3 Å². The number of hydrogen-bond acceptors (Lipinski definition) is 4.